The van der Waals surface area contributed by atoms with Gasteiger partial charge in [-0.05, 0) is 57.9 Å². The predicted molar refractivity (Wildman–Crippen MR) is 111 cm³/mol. The molecular formula is C22H28BrNO2. The number of benzene rings is 2. The van der Waals surface area contributed by atoms with E-state index in [1.54, 1.807) is 0 Å². The summed E-state index contributed by atoms with van der Waals surface area (Å²) in [7, 11) is 0. The molecule has 1 unspecified atom stereocenters. The Balaban J connectivity index is 1.75. The van der Waals surface area contributed by atoms with Crippen molar-refractivity contribution in [3.05, 3.63) is 64.1 Å². The third-order valence-electron chi connectivity index (χ3n) is 4.28. The first kappa shape index (κ1) is 20.5. The van der Waals surface area contributed by atoms with Crippen molar-refractivity contribution in [1.82, 2.24) is 5.32 Å². The van der Waals surface area contributed by atoms with Crippen LogP contribution in [0.1, 0.15) is 57.7 Å². The molecule has 0 bridgehead atoms. The van der Waals surface area contributed by atoms with E-state index >= 15 is 0 Å². The van der Waals surface area contributed by atoms with Crippen LogP contribution in [0.2, 0.25) is 0 Å². The van der Waals surface area contributed by atoms with Gasteiger partial charge in [0.25, 0.3) is 0 Å². The highest BCUT2D eigenvalue weighted by molar-refractivity contribution is 9.10. The summed E-state index contributed by atoms with van der Waals surface area (Å²) in [4.78, 5) is 12.1. The highest BCUT2D eigenvalue weighted by atomic mass is 79.9. The third kappa shape index (κ3) is 6.17. The van der Waals surface area contributed by atoms with Crippen LogP contribution in [-0.2, 0) is 10.2 Å². The van der Waals surface area contributed by atoms with Crippen LogP contribution in [0.25, 0.3) is 0 Å². The Bertz CT molecular complexity index is 723. The second kappa shape index (κ2) is 9.22. The van der Waals surface area contributed by atoms with Crippen molar-refractivity contribution in [2.45, 2.75) is 52.0 Å². The zero-order chi connectivity index (χ0) is 19.2. The summed E-state index contributed by atoms with van der Waals surface area (Å²) in [5.74, 6) is 0.864. The summed E-state index contributed by atoms with van der Waals surface area (Å²) in [6.07, 6.45) is 1.13. The van der Waals surface area contributed by atoms with Gasteiger partial charge >= 0.3 is 0 Å². The molecular weight excluding hydrogens is 390 g/mol. The first-order chi connectivity index (χ1) is 12.3. The van der Waals surface area contributed by atoms with E-state index < -0.39 is 0 Å². The van der Waals surface area contributed by atoms with E-state index in [0.717, 1.165) is 15.8 Å². The van der Waals surface area contributed by atoms with Gasteiger partial charge < -0.3 is 10.1 Å². The summed E-state index contributed by atoms with van der Waals surface area (Å²) in [5.41, 5.74) is 2.47. The standard InChI is InChI=1S/C22H28BrNO2/c1-16(17-9-6-5-7-10-17)24-21(25)11-8-14-26-20-13-12-18(15-19(20)23)22(2,3)4/h5-7,9-10,12-13,15-16H,8,11,14H2,1-4H3,(H,24,25). The number of nitrogens with one attached hydrogen (secondary N) is 1. The first-order valence-electron chi connectivity index (χ1n) is 9.04. The summed E-state index contributed by atoms with van der Waals surface area (Å²) in [6, 6.07) is 16.2. The molecule has 2 aromatic rings. The normalized spacial score (nSPS) is 12.5. The van der Waals surface area contributed by atoms with E-state index in [9.17, 15) is 4.79 Å². The average Bonchev–Trinajstić information content (AvgIpc) is 2.59. The van der Waals surface area contributed by atoms with Crippen molar-refractivity contribution in [1.29, 1.82) is 0 Å². The van der Waals surface area contributed by atoms with Crippen LogP contribution in [0, 0.1) is 0 Å². The van der Waals surface area contributed by atoms with Gasteiger partial charge in [0.1, 0.15) is 5.75 Å². The van der Waals surface area contributed by atoms with Gasteiger partial charge in [0.2, 0.25) is 5.91 Å². The molecule has 4 heteroatoms. The van der Waals surface area contributed by atoms with E-state index in [0.29, 0.717) is 19.4 Å². The van der Waals surface area contributed by atoms with Gasteiger partial charge in [-0.15, -0.1) is 0 Å². The first-order valence-corrected chi connectivity index (χ1v) is 9.84. The molecule has 1 N–H and O–H groups in total. The van der Waals surface area contributed by atoms with Gasteiger partial charge in [-0.2, -0.15) is 0 Å². The summed E-state index contributed by atoms with van der Waals surface area (Å²) >= 11 is 3.57. The van der Waals surface area contributed by atoms with E-state index in [-0.39, 0.29) is 17.4 Å². The molecule has 0 heterocycles. The molecule has 0 fully saturated rings. The van der Waals surface area contributed by atoms with Crippen LogP contribution in [0.15, 0.2) is 53.0 Å². The van der Waals surface area contributed by atoms with Gasteiger partial charge in [0.05, 0.1) is 17.1 Å². The molecule has 0 spiro atoms. The minimum atomic E-state index is 0.0173. The fraction of sp³-hybridized carbons (Fsp3) is 0.409. The zero-order valence-corrected chi connectivity index (χ0v) is 17.6. The van der Waals surface area contributed by atoms with Crippen molar-refractivity contribution >= 4 is 21.8 Å². The largest absolute Gasteiger partial charge is 0.492 e. The monoisotopic (exact) mass is 417 g/mol. The maximum absolute atomic E-state index is 12.1. The van der Waals surface area contributed by atoms with Crippen LogP contribution in [-0.4, -0.2) is 12.5 Å². The van der Waals surface area contributed by atoms with Crippen LogP contribution < -0.4 is 10.1 Å². The lowest BCUT2D eigenvalue weighted by molar-refractivity contribution is -0.121. The molecule has 2 rings (SSSR count). The second-order valence-corrected chi connectivity index (χ2v) is 8.40. The highest BCUT2D eigenvalue weighted by Gasteiger charge is 2.15. The lowest BCUT2D eigenvalue weighted by Crippen LogP contribution is -2.26. The van der Waals surface area contributed by atoms with Crippen molar-refractivity contribution in [3.8, 4) is 5.75 Å². The molecule has 0 saturated carbocycles. The van der Waals surface area contributed by atoms with Gasteiger partial charge in [-0.3, -0.25) is 4.79 Å². The highest BCUT2D eigenvalue weighted by Crippen LogP contribution is 2.31. The fourth-order valence-electron chi connectivity index (χ4n) is 2.64. The number of amides is 1. The fourth-order valence-corrected chi connectivity index (χ4v) is 3.13. The Labute approximate surface area is 165 Å². The number of hydrogen-bond donors (Lipinski definition) is 1. The van der Waals surface area contributed by atoms with Gasteiger partial charge in [-0.25, -0.2) is 0 Å². The van der Waals surface area contributed by atoms with E-state index in [1.165, 1.54) is 5.56 Å². The molecule has 0 aliphatic rings. The molecule has 26 heavy (non-hydrogen) atoms. The number of hydrogen-bond acceptors (Lipinski definition) is 2. The number of carbonyl (C=O) groups is 1. The van der Waals surface area contributed by atoms with Gasteiger partial charge in [0, 0.05) is 6.42 Å². The lowest BCUT2D eigenvalue weighted by atomic mass is 9.87. The lowest BCUT2D eigenvalue weighted by Gasteiger charge is -2.20. The van der Waals surface area contributed by atoms with Crippen molar-refractivity contribution in [3.63, 3.8) is 0 Å². The molecule has 140 valence electrons. The minimum absolute atomic E-state index is 0.0173. The van der Waals surface area contributed by atoms with E-state index in [2.05, 4.69) is 54.2 Å². The number of halogens is 1. The smallest absolute Gasteiger partial charge is 0.220 e. The molecule has 0 radical (unpaired) electrons. The molecule has 1 atom stereocenters. The number of rotatable bonds is 7. The Morgan fingerprint density at radius 1 is 1.15 bits per heavy atom. The number of carbonyl (C=O) groups excluding carboxylic acids is 1. The van der Waals surface area contributed by atoms with Gasteiger partial charge in [-0.1, -0.05) is 57.2 Å². The molecule has 2 aromatic carbocycles. The Kier molecular flexibility index (Phi) is 7.27. The third-order valence-corrected chi connectivity index (χ3v) is 4.90. The average molecular weight is 418 g/mol. The quantitative estimate of drug-likeness (QED) is 0.579. The zero-order valence-electron chi connectivity index (χ0n) is 16.0. The predicted octanol–water partition coefficient (Wildman–Crippen LogP) is 5.78. The summed E-state index contributed by atoms with van der Waals surface area (Å²) in [6.45, 7) is 9.07. The van der Waals surface area contributed by atoms with Crippen molar-refractivity contribution in [2.75, 3.05) is 6.61 Å². The minimum Gasteiger partial charge on any atom is -0.492 e. The Hall–Kier alpha value is -1.81. The van der Waals surface area contributed by atoms with E-state index in [1.807, 2.05) is 43.3 Å². The molecule has 0 aliphatic carbocycles. The molecule has 0 aliphatic heterocycles. The van der Waals surface area contributed by atoms with Crippen LogP contribution >= 0.6 is 15.9 Å². The van der Waals surface area contributed by atoms with Crippen molar-refractivity contribution < 1.29 is 9.53 Å². The van der Waals surface area contributed by atoms with Gasteiger partial charge in [0.15, 0.2) is 0 Å². The summed E-state index contributed by atoms with van der Waals surface area (Å²) in [5, 5.41) is 3.03. The van der Waals surface area contributed by atoms with Crippen LogP contribution in [0.3, 0.4) is 0 Å². The molecule has 3 nitrogen and oxygen atoms in total. The maximum atomic E-state index is 12.1. The maximum Gasteiger partial charge on any atom is 0.220 e. The second-order valence-electron chi connectivity index (χ2n) is 7.55. The van der Waals surface area contributed by atoms with Crippen molar-refractivity contribution in [2.24, 2.45) is 0 Å². The Morgan fingerprint density at radius 2 is 1.85 bits per heavy atom. The van der Waals surface area contributed by atoms with E-state index in [4.69, 9.17) is 4.74 Å². The topological polar surface area (TPSA) is 38.3 Å². The molecule has 0 saturated heterocycles. The molecule has 1 amide bonds. The molecule has 0 aromatic heterocycles. The Morgan fingerprint density at radius 3 is 2.46 bits per heavy atom. The van der Waals surface area contributed by atoms with Crippen LogP contribution in [0.5, 0.6) is 5.75 Å². The summed E-state index contributed by atoms with van der Waals surface area (Å²) < 4.78 is 6.77. The SMILES string of the molecule is CC(NC(=O)CCCOc1ccc(C(C)(C)C)cc1Br)c1ccccc1. The van der Waals surface area contributed by atoms with Crippen LogP contribution in [0.4, 0.5) is 0 Å². The number of ether oxygens (including phenoxy) is 1.